The van der Waals surface area contributed by atoms with E-state index in [4.69, 9.17) is 5.11 Å². The van der Waals surface area contributed by atoms with Crippen LogP contribution in [0.25, 0.3) is 0 Å². The van der Waals surface area contributed by atoms with Crippen LogP contribution in [0, 0.1) is 6.92 Å². The van der Waals surface area contributed by atoms with Gasteiger partial charge in [-0.3, -0.25) is 4.79 Å². The molecule has 0 aliphatic heterocycles. The summed E-state index contributed by atoms with van der Waals surface area (Å²) in [6.45, 7) is 4.74. The fourth-order valence-corrected chi connectivity index (χ4v) is 1.74. The van der Waals surface area contributed by atoms with E-state index in [1.807, 2.05) is 26.0 Å². The smallest absolute Gasteiger partial charge is 0.254 e. The van der Waals surface area contributed by atoms with Crippen LogP contribution >= 0.6 is 12.6 Å². The van der Waals surface area contributed by atoms with E-state index in [0.717, 1.165) is 10.5 Å². The first-order valence-corrected chi connectivity index (χ1v) is 5.74. The highest BCUT2D eigenvalue weighted by atomic mass is 32.1. The van der Waals surface area contributed by atoms with Crippen LogP contribution in [-0.2, 0) is 0 Å². The summed E-state index contributed by atoms with van der Waals surface area (Å²) in [6, 6.07) is 5.50. The maximum absolute atomic E-state index is 12.1. The molecule has 0 aliphatic rings. The Kier molecular flexibility index (Phi) is 4.83. The molecule has 0 aliphatic carbocycles. The first-order valence-electron chi connectivity index (χ1n) is 5.30. The monoisotopic (exact) mass is 239 g/mol. The quantitative estimate of drug-likeness (QED) is 0.786. The molecule has 1 N–H and O–H groups in total. The number of hydrogen-bond donors (Lipinski definition) is 2. The number of aryl methyl sites for hydroxylation is 1. The van der Waals surface area contributed by atoms with Crippen molar-refractivity contribution in [2.24, 2.45) is 0 Å². The zero-order valence-electron chi connectivity index (χ0n) is 9.60. The Hall–Kier alpha value is -1.00. The van der Waals surface area contributed by atoms with Crippen LogP contribution in [0.2, 0.25) is 0 Å². The van der Waals surface area contributed by atoms with Crippen molar-refractivity contribution in [3.63, 3.8) is 0 Å². The van der Waals surface area contributed by atoms with Gasteiger partial charge in [-0.2, -0.15) is 0 Å². The number of hydrogen-bond acceptors (Lipinski definition) is 3. The highest BCUT2D eigenvalue weighted by Crippen LogP contribution is 2.16. The molecule has 1 rings (SSSR count). The molecule has 0 radical (unpaired) electrons. The van der Waals surface area contributed by atoms with Gasteiger partial charge in [0.05, 0.1) is 6.61 Å². The predicted octanol–water partition coefficient (Wildman–Crippen LogP) is 1.74. The molecule has 0 spiro atoms. The third kappa shape index (κ3) is 3.00. The van der Waals surface area contributed by atoms with Gasteiger partial charge < -0.3 is 10.0 Å². The molecule has 3 nitrogen and oxygen atoms in total. The molecule has 4 heteroatoms. The third-order valence-corrected chi connectivity index (χ3v) is 2.77. The largest absolute Gasteiger partial charge is 0.395 e. The number of carbonyl (C=O) groups is 1. The van der Waals surface area contributed by atoms with Crippen molar-refractivity contribution in [3.05, 3.63) is 29.3 Å². The Balaban J connectivity index is 2.98. The van der Waals surface area contributed by atoms with Crippen LogP contribution in [0.1, 0.15) is 22.8 Å². The second kappa shape index (κ2) is 5.92. The summed E-state index contributed by atoms with van der Waals surface area (Å²) in [6.07, 6.45) is 0. The van der Waals surface area contributed by atoms with E-state index in [1.54, 1.807) is 11.0 Å². The van der Waals surface area contributed by atoms with Gasteiger partial charge in [0.25, 0.3) is 5.91 Å². The Morgan fingerprint density at radius 2 is 2.19 bits per heavy atom. The number of rotatable bonds is 4. The molecule has 0 aromatic heterocycles. The van der Waals surface area contributed by atoms with Gasteiger partial charge in [-0.1, -0.05) is 6.07 Å². The van der Waals surface area contributed by atoms with Crippen LogP contribution in [0.3, 0.4) is 0 Å². The Morgan fingerprint density at radius 1 is 1.50 bits per heavy atom. The standard InChI is InChI=1S/C12H17NO2S/c1-3-13(6-7-14)12(15)11-8-10(16)5-4-9(11)2/h4-5,8,14,16H,3,6-7H2,1-2H3. The summed E-state index contributed by atoms with van der Waals surface area (Å²) < 4.78 is 0. The van der Waals surface area contributed by atoms with Gasteiger partial charge >= 0.3 is 0 Å². The molecule has 0 unspecified atom stereocenters. The fourth-order valence-electron chi connectivity index (χ4n) is 1.53. The molecule has 0 bridgehead atoms. The number of aliphatic hydroxyl groups excluding tert-OH is 1. The molecule has 0 atom stereocenters. The van der Waals surface area contributed by atoms with E-state index in [1.165, 1.54) is 0 Å². The van der Waals surface area contributed by atoms with Gasteiger partial charge in [0, 0.05) is 23.5 Å². The average Bonchev–Trinajstić information content (AvgIpc) is 2.28. The van der Waals surface area contributed by atoms with E-state index in [2.05, 4.69) is 12.6 Å². The summed E-state index contributed by atoms with van der Waals surface area (Å²) in [5.74, 6) is -0.0510. The molecule has 1 aromatic rings. The number of benzene rings is 1. The SMILES string of the molecule is CCN(CCO)C(=O)c1cc(S)ccc1C. The number of likely N-dealkylation sites (N-methyl/N-ethyl adjacent to an activating group) is 1. The van der Waals surface area contributed by atoms with Crippen molar-refractivity contribution in [2.45, 2.75) is 18.7 Å². The van der Waals surface area contributed by atoms with Crippen molar-refractivity contribution in [3.8, 4) is 0 Å². The minimum Gasteiger partial charge on any atom is -0.395 e. The van der Waals surface area contributed by atoms with E-state index in [0.29, 0.717) is 18.7 Å². The lowest BCUT2D eigenvalue weighted by Crippen LogP contribution is -2.33. The third-order valence-electron chi connectivity index (χ3n) is 2.49. The number of thiol groups is 1. The molecule has 0 fully saturated rings. The topological polar surface area (TPSA) is 40.5 Å². The van der Waals surface area contributed by atoms with E-state index in [-0.39, 0.29) is 12.5 Å². The maximum atomic E-state index is 12.1. The van der Waals surface area contributed by atoms with Crippen molar-refractivity contribution < 1.29 is 9.90 Å². The zero-order valence-corrected chi connectivity index (χ0v) is 10.5. The molecular formula is C12H17NO2S. The van der Waals surface area contributed by atoms with Gasteiger partial charge in [-0.15, -0.1) is 12.6 Å². The van der Waals surface area contributed by atoms with Crippen molar-refractivity contribution in [1.29, 1.82) is 0 Å². The summed E-state index contributed by atoms with van der Waals surface area (Å²) >= 11 is 4.23. The number of amides is 1. The summed E-state index contributed by atoms with van der Waals surface area (Å²) in [5, 5.41) is 8.88. The Labute approximate surface area is 101 Å². The molecule has 0 saturated heterocycles. The number of carbonyl (C=O) groups excluding carboxylic acids is 1. The lowest BCUT2D eigenvalue weighted by molar-refractivity contribution is 0.0731. The normalized spacial score (nSPS) is 10.2. The van der Waals surface area contributed by atoms with Crippen LogP contribution < -0.4 is 0 Å². The van der Waals surface area contributed by atoms with Crippen LogP contribution in [0.5, 0.6) is 0 Å². The van der Waals surface area contributed by atoms with Gasteiger partial charge in [-0.05, 0) is 31.5 Å². The van der Waals surface area contributed by atoms with Gasteiger partial charge in [0.15, 0.2) is 0 Å². The minimum atomic E-state index is -0.0510. The van der Waals surface area contributed by atoms with Crippen LogP contribution in [0.15, 0.2) is 23.1 Å². The van der Waals surface area contributed by atoms with Gasteiger partial charge in [0.2, 0.25) is 0 Å². The van der Waals surface area contributed by atoms with Gasteiger partial charge in [-0.25, -0.2) is 0 Å². The highest BCUT2D eigenvalue weighted by molar-refractivity contribution is 7.80. The number of nitrogens with zero attached hydrogens (tertiary/aromatic N) is 1. The van der Waals surface area contributed by atoms with Crippen molar-refractivity contribution >= 4 is 18.5 Å². The Bertz CT molecular complexity index is 379. The van der Waals surface area contributed by atoms with Crippen molar-refractivity contribution in [1.82, 2.24) is 4.90 Å². The lowest BCUT2D eigenvalue weighted by atomic mass is 10.1. The highest BCUT2D eigenvalue weighted by Gasteiger charge is 2.15. The molecule has 88 valence electrons. The fraction of sp³-hybridized carbons (Fsp3) is 0.417. The molecule has 0 saturated carbocycles. The Morgan fingerprint density at radius 3 is 2.75 bits per heavy atom. The zero-order chi connectivity index (χ0) is 12.1. The number of aliphatic hydroxyl groups is 1. The predicted molar refractivity (Wildman–Crippen MR) is 67.1 cm³/mol. The molecular weight excluding hydrogens is 222 g/mol. The molecule has 0 heterocycles. The molecule has 1 amide bonds. The average molecular weight is 239 g/mol. The minimum absolute atomic E-state index is 0.0147. The second-order valence-corrected chi connectivity index (χ2v) is 4.12. The summed E-state index contributed by atoms with van der Waals surface area (Å²) in [5.41, 5.74) is 1.59. The maximum Gasteiger partial charge on any atom is 0.254 e. The van der Waals surface area contributed by atoms with Crippen molar-refractivity contribution in [2.75, 3.05) is 19.7 Å². The van der Waals surface area contributed by atoms with E-state index in [9.17, 15) is 4.79 Å². The molecule has 16 heavy (non-hydrogen) atoms. The van der Waals surface area contributed by atoms with Crippen LogP contribution in [0.4, 0.5) is 0 Å². The first kappa shape index (κ1) is 13.1. The molecule has 1 aromatic carbocycles. The summed E-state index contributed by atoms with van der Waals surface area (Å²) in [7, 11) is 0. The first-order chi connectivity index (χ1) is 7.60. The summed E-state index contributed by atoms with van der Waals surface area (Å²) in [4.78, 5) is 14.5. The lowest BCUT2D eigenvalue weighted by Gasteiger charge is -2.20. The van der Waals surface area contributed by atoms with E-state index >= 15 is 0 Å². The van der Waals surface area contributed by atoms with Crippen LogP contribution in [-0.4, -0.2) is 35.6 Å². The van der Waals surface area contributed by atoms with E-state index < -0.39 is 0 Å². The van der Waals surface area contributed by atoms with Gasteiger partial charge in [0.1, 0.15) is 0 Å². The second-order valence-electron chi connectivity index (χ2n) is 3.61.